The first-order chi connectivity index (χ1) is 12.0. The van der Waals surface area contributed by atoms with Gasteiger partial charge in [0.05, 0.1) is 0 Å². The molecule has 0 aliphatic carbocycles. The molecule has 0 saturated carbocycles. The van der Waals surface area contributed by atoms with E-state index in [1.165, 1.54) is 0 Å². The fraction of sp³-hybridized carbons (Fsp3) is 0.0500. The highest BCUT2D eigenvalue weighted by Gasteiger charge is 2.05. The molecule has 0 fully saturated rings. The summed E-state index contributed by atoms with van der Waals surface area (Å²) in [6.45, 7) is -0.366. The number of hydrogen-bond acceptors (Lipinski definition) is 3. The number of phenols is 1. The van der Waals surface area contributed by atoms with Gasteiger partial charge in [0.25, 0.3) is 0 Å². The second-order valence-electron chi connectivity index (χ2n) is 5.45. The Kier molecular flexibility index (Phi) is 5.05. The summed E-state index contributed by atoms with van der Waals surface area (Å²) in [6, 6.07) is 16.5. The van der Waals surface area contributed by atoms with Crippen molar-refractivity contribution in [3.63, 3.8) is 0 Å². The summed E-state index contributed by atoms with van der Waals surface area (Å²) in [6.07, 6.45) is 3.75. The molecule has 0 aliphatic heterocycles. The molecule has 0 atom stereocenters. The van der Waals surface area contributed by atoms with Crippen LogP contribution in [-0.4, -0.2) is 22.8 Å². The summed E-state index contributed by atoms with van der Waals surface area (Å²) in [5.41, 5.74) is 1.66. The quantitative estimate of drug-likeness (QED) is 0.597. The van der Waals surface area contributed by atoms with Crippen LogP contribution in [0.5, 0.6) is 11.5 Å². The van der Waals surface area contributed by atoms with Crippen LogP contribution in [0.1, 0.15) is 11.1 Å². The van der Waals surface area contributed by atoms with Gasteiger partial charge in [-0.2, -0.15) is 0 Å². The maximum absolute atomic E-state index is 10.5. The number of carbonyl (C=O) groups is 1. The first-order valence-corrected chi connectivity index (χ1v) is 8.36. The zero-order chi connectivity index (χ0) is 17.8. The maximum atomic E-state index is 10.5. The van der Waals surface area contributed by atoms with Gasteiger partial charge in [0, 0.05) is 10.0 Å². The first-order valence-electron chi connectivity index (χ1n) is 7.57. The van der Waals surface area contributed by atoms with Gasteiger partial charge in [-0.25, -0.2) is 4.79 Å². The molecule has 3 aromatic carbocycles. The lowest BCUT2D eigenvalue weighted by atomic mass is 10.0. The monoisotopic (exact) mass is 398 g/mol. The third kappa shape index (κ3) is 4.19. The van der Waals surface area contributed by atoms with Crippen LogP contribution in [0.2, 0.25) is 0 Å². The van der Waals surface area contributed by atoms with Crippen LogP contribution in [0.25, 0.3) is 22.9 Å². The van der Waals surface area contributed by atoms with Crippen LogP contribution >= 0.6 is 15.9 Å². The lowest BCUT2D eigenvalue weighted by molar-refractivity contribution is -0.139. The third-order valence-electron chi connectivity index (χ3n) is 3.69. The highest BCUT2D eigenvalue weighted by Crippen LogP contribution is 2.31. The fourth-order valence-corrected chi connectivity index (χ4v) is 2.87. The van der Waals surface area contributed by atoms with Gasteiger partial charge < -0.3 is 14.9 Å². The molecule has 4 nitrogen and oxygen atoms in total. The average Bonchev–Trinajstić information content (AvgIpc) is 2.60. The van der Waals surface area contributed by atoms with Crippen LogP contribution in [0.15, 0.2) is 59.1 Å². The van der Waals surface area contributed by atoms with Crippen molar-refractivity contribution in [1.82, 2.24) is 0 Å². The first kappa shape index (κ1) is 17.0. The van der Waals surface area contributed by atoms with Crippen molar-refractivity contribution in [1.29, 1.82) is 0 Å². The van der Waals surface area contributed by atoms with Crippen molar-refractivity contribution in [3.05, 3.63) is 70.2 Å². The van der Waals surface area contributed by atoms with Crippen molar-refractivity contribution >= 4 is 44.8 Å². The van der Waals surface area contributed by atoms with Crippen LogP contribution in [0.4, 0.5) is 0 Å². The van der Waals surface area contributed by atoms with E-state index in [0.717, 1.165) is 26.4 Å². The van der Waals surface area contributed by atoms with E-state index in [0.29, 0.717) is 5.75 Å². The molecular weight excluding hydrogens is 384 g/mol. The smallest absolute Gasteiger partial charge is 0.341 e. The Bertz CT molecular complexity index is 946. The van der Waals surface area contributed by atoms with Gasteiger partial charge in [-0.15, -0.1) is 0 Å². The lowest BCUT2D eigenvalue weighted by Crippen LogP contribution is -2.09. The molecule has 0 spiro atoms. The van der Waals surface area contributed by atoms with Crippen LogP contribution < -0.4 is 4.74 Å². The van der Waals surface area contributed by atoms with Gasteiger partial charge in [-0.1, -0.05) is 52.3 Å². The summed E-state index contributed by atoms with van der Waals surface area (Å²) in [4.78, 5) is 10.5. The second-order valence-corrected chi connectivity index (χ2v) is 6.36. The fourth-order valence-electron chi connectivity index (χ4n) is 2.49. The summed E-state index contributed by atoms with van der Waals surface area (Å²) < 4.78 is 6.09. The summed E-state index contributed by atoms with van der Waals surface area (Å²) in [7, 11) is 0. The number of carboxylic acids is 1. The molecule has 0 amide bonds. The maximum Gasteiger partial charge on any atom is 0.341 e. The SMILES string of the molecule is O=C(O)COc1ccc(C=Cc2c(O)ccc3cc(Br)ccc23)cc1. The van der Waals surface area contributed by atoms with Crippen molar-refractivity contribution in [2.75, 3.05) is 6.61 Å². The second kappa shape index (κ2) is 7.40. The molecule has 3 rings (SSSR count). The Morgan fingerprint density at radius 3 is 2.52 bits per heavy atom. The van der Waals surface area contributed by atoms with E-state index in [1.807, 2.05) is 48.6 Å². The van der Waals surface area contributed by atoms with E-state index in [9.17, 15) is 9.90 Å². The molecule has 0 aliphatic rings. The van der Waals surface area contributed by atoms with Gasteiger partial charge in [0.2, 0.25) is 0 Å². The molecule has 5 heteroatoms. The van der Waals surface area contributed by atoms with Crippen LogP contribution in [0.3, 0.4) is 0 Å². The minimum Gasteiger partial charge on any atom is -0.507 e. The molecule has 25 heavy (non-hydrogen) atoms. The molecule has 126 valence electrons. The number of fused-ring (bicyclic) bond motifs is 1. The van der Waals surface area contributed by atoms with Crippen LogP contribution in [0, 0.1) is 0 Å². The van der Waals surface area contributed by atoms with Gasteiger partial charge in [0.1, 0.15) is 11.5 Å². The van der Waals surface area contributed by atoms with E-state index in [1.54, 1.807) is 18.2 Å². The molecule has 0 bridgehead atoms. The minimum atomic E-state index is -1.01. The van der Waals surface area contributed by atoms with Crippen molar-refractivity contribution in [3.8, 4) is 11.5 Å². The molecule has 0 aromatic heterocycles. The topological polar surface area (TPSA) is 66.8 Å². The minimum absolute atomic E-state index is 0.215. The largest absolute Gasteiger partial charge is 0.507 e. The van der Waals surface area contributed by atoms with Crippen molar-refractivity contribution in [2.45, 2.75) is 0 Å². The molecule has 0 unspecified atom stereocenters. The zero-order valence-corrected chi connectivity index (χ0v) is 14.7. The number of phenolic OH excluding ortho intramolecular Hbond substituents is 1. The van der Waals surface area contributed by atoms with Gasteiger partial charge in [-0.3, -0.25) is 0 Å². The number of rotatable bonds is 5. The standard InChI is InChI=1S/C20H15BrO4/c21-15-5-9-17-14(11-15)4-10-19(22)18(17)8-3-13-1-6-16(7-2-13)25-12-20(23)24/h1-11,22H,12H2,(H,23,24). The summed E-state index contributed by atoms with van der Waals surface area (Å²) >= 11 is 3.45. The Labute approximate surface area is 153 Å². The average molecular weight is 399 g/mol. The van der Waals surface area contributed by atoms with Gasteiger partial charge in [-0.05, 0) is 46.7 Å². The Morgan fingerprint density at radius 1 is 1.04 bits per heavy atom. The number of aliphatic carboxylic acids is 1. The normalized spacial score (nSPS) is 11.1. The van der Waals surface area contributed by atoms with E-state index in [-0.39, 0.29) is 12.4 Å². The Hall–Kier alpha value is -2.79. The number of halogens is 1. The summed E-state index contributed by atoms with van der Waals surface area (Å²) in [5.74, 6) is -0.299. The highest BCUT2D eigenvalue weighted by atomic mass is 79.9. The number of aromatic hydroxyl groups is 1. The number of hydrogen-bond donors (Lipinski definition) is 2. The molecule has 3 aromatic rings. The van der Waals surface area contributed by atoms with E-state index >= 15 is 0 Å². The van der Waals surface area contributed by atoms with Gasteiger partial charge >= 0.3 is 5.97 Å². The highest BCUT2D eigenvalue weighted by molar-refractivity contribution is 9.10. The molecule has 0 saturated heterocycles. The predicted molar refractivity (Wildman–Crippen MR) is 102 cm³/mol. The van der Waals surface area contributed by atoms with E-state index < -0.39 is 5.97 Å². The predicted octanol–water partition coefficient (Wildman–Crippen LogP) is 4.94. The van der Waals surface area contributed by atoms with Gasteiger partial charge in [0.15, 0.2) is 6.61 Å². The van der Waals surface area contributed by atoms with Crippen molar-refractivity contribution in [2.24, 2.45) is 0 Å². The molecule has 0 heterocycles. The van der Waals surface area contributed by atoms with E-state index in [2.05, 4.69) is 15.9 Å². The number of carboxylic acid groups (broad SMARTS) is 1. The zero-order valence-electron chi connectivity index (χ0n) is 13.1. The van der Waals surface area contributed by atoms with E-state index in [4.69, 9.17) is 9.84 Å². The Balaban J connectivity index is 1.85. The molecule has 2 N–H and O–H groups in total. The number of benzene rings is 3. The lowest BCUT2D eigenvalue weighted by Gasteiger charge is -2.06. The molecular formula is C20H15BrO4. The molecule has 0 radical (unpaired) electrons. The third-order valence-corrected chi connectivity index (χ3v) is 4.18. The summed E-state index contributed by atoms with van der Waals surface area (Å²) in [5, 5.41) is 20.8. The number of ether oxygens (including phenoxy) is 1. The van der Waals surface area contributed by atoms with Crippen molar-refractivity contribution < 1.29 is 19.7 Å². The Morgan fingerprint density at radius 2 is 1.80 bits per heavy atom. The van der Waals surface area contributed by atoms with Crippen LogP contribution in [-0.2, 0) is 4.79 Å².